The van der Waals surface area contributed by atoms with Gasteiger partial charge in [0.15, 0.2) is 0 Å². The van der Waals surface area contributed by atoms with Crippen molar-refractivity contribution >= 4 is 17.4 Å². The first-order chi connectivity index (χ1) is 8.08. The number of nitrogens with zero attached hydrogens (tertiary/aromatic N) is 1. The standard InChI is InChI=1S/C14H18N2S/c1-14(2,10-7-8-10)16-12-5-4-6-13(17-3)11(12)9-15/h4-6,10,16H,7-8H2,1-3H3. The van der Waals surface area contributed by atoms with Crippen LogP contribution in [0.15, 0.2) is 23.1 Å². The molecule has 1 aliphatic rings. The van der Waals surface area contributed by atoms with Gasteiger partial charge in [-0.15, -0.1) is 11.8 Å². The largest absolute Gasteiger partial charge is 0.379 e. The topological polar surface area (TPSA) is 35.8 Å². The smallest absolute Gasteiger partial charge is 0.102 e. The first-order valence-electron chi connectivity index (χ1n) is 5.94. The first-order valence-corrected chi connectivity index (χ1v) is 7.16. The Morgan fingerprint density at radius 2 is 2.12 bits per heavy atom. The van der Waals surface area contributed by atoms with Crippen LogP contribution in [-0.4, -0.2) is 11.8 Å². The van der Waals surface area contributed by atoms with Gasteiger partial charge in [0.1, 0.15) is 6.07 Å². The molecule has 0 aliphatic heterocycles. The summed E-state index contributed by atoms with van der Waals surface area (Å²) in [6, 6.07) is 8.33. The van der Waals surface area contributed by atoms with Crippen molar-refractivity contribution in [2.75, 3.05) is 11.6 Å². The van der Waals surface area contributed by atoms with Crippen LogP contribution in [-0.2, 0) is 0 Å². The van der Waals surface area contributed by atoms with Gasteiger partial charge >= 0.3 is 0 Å². The molecule has 0 spiro atoms. The number of benzene rings is 1. The van der Waals surface area contributed by atoms with Gasteiger partial charge in [-0.2, -0.15) is 5.26 Å². The molecule has 1 N–H and O–H groups in total. The number of hydrogen-bond acceptors (Lipinski definition) is 3. The molecular formula is C14H18N2S. The Morgan fingerprint density at radius 3 is 2.65 bits per heavy atom. The van der Waals surface area contributed by atoms with Gasteiger partial charge in [0, 0.05) is 10.4 Å². The summed E-state index contributed by atoms with van der Waals surface area (Å²) in [6.45, 7) is 4.44. The molecule has 0 heterocycles. The van der Waals surface area contributed by atoms with Gasteiger partial charge in [0.05, 0.1) is 11.3 Å². The molecule has 0 amide bonds. The van der Waals surface area contributed by atoms with E-state index >= 15 is 0 Å². The summed E-state index contributed by atoms with van der Waals surface area (Å²) in [6.07, 6.45) is 4.60. The molecule has 1 aliphatic carbocycles. The van der Waals surface area contributed by atoms with Gasteiger partial charge in [-0.05, 0) is 51.0 Å². The fourth-order valence-electron chi connectivity index (χ4n) is 2.17. The fourth-order valence-corrected chi connectivity index (χ4v) is 2.75. The van der Waals surface area contributed by atoms with Crippen molar-refractivity contribution in [3.8, 4) is 6.07 Å². The Hall–Kier alpha value is -1.14. The highest BCUT2D eigenvalue weighted by Crippen LogP contribution is 2.41. The minimum absolute atomic E-state index is 0.0859. The van der Waals surface area contributed by atoms with Crippen LogP contribution in [0, 0.1) is 17.2 Å². The van der Waals surface area contributed by atoms with E-state index in [0.717, 1.165) is 22.1 Å². The van der Waals surface area contributed by atoms with E-state index in [2.05, 4.69) is 25.2 Å². The highest BCUT2D eigenvalue weighted by Gasteiger charge is 2.37. The predicted molar refractivity (Wildman–Crippen MR) is 73.4 cm³/mol. The van der Waals surface area contributed by atoms with Crippen molar-refractivity contribution in [2.45, 2.75) is 37.1 Å². The van der Waals surface area contributed by atoms with Crippen molar-refractivity contribution in [2.24, 2.45) is 5.92 Å². The average molecular weight is 246 g/mol. The molecular weight excluding hydrogens is 228 g/mol. The number of nitrogens with one attached hydrogen (secondary N) is 1. The maximum atomic E-state index is 9.28. The lowest BCUT2D eigenvalue weighted by Gasteiger charge is -2.28. The summed E-state index contributed by atoms with van der Waals surface area (Å²) in [4.78, 5) is 1.05. The first kappa shape index (κ1) is 12.3. The van der Waals surface area contributed by atoms with Gasteiger partial charge in [0.25, 0.3) is 0 Å². The number of hydrogen-bond donors (Lipinski definition) is 1. The van der Waals surface area contributed by atoms with Crippen LogP contribution in [0.1, 0.15) is 32.3 Å². The van der Waals surface area contributed by atoms with Gasteiger partial charge in [-0.3, -0.25) is 0 Å². The van der Waals surface area contributed by atoms with E-state index in [9.17, 15) is 5.26 Å². The monoisotopic (exact) mass is 246 g/mol. The molecule has 2 nitrogen and oxygen atoms in total. The van der Waals surface area contributed by atoms with Crippen LogP contribution >= 0.6 is 11.8 Å². The molecule has 1 aromatic rings. The number of nitriles is 1. The lowest BCUT2D eigenvalue weighted by atomic mass is 9.97. The third kappa shape index (κ3) is 2.58. The zero-order valence-electron chi connectivity index (χ0n) is 10.6. The SMILES string of the molecule is CSc1cccc(NC(C)(C)C2CC2)c1C#N. The normalized spacial score (nSPS) is 15.4. The fraction of sp³-hybridized carbons (Fsp3) is 0.500. The number of rotatable bonds is 4. The Labute approximate surface area is 107 Å². The molecule has 0 bridgehead atoms. The minimum Gasteiger partial charge on any atom is -0.379 e. The molecule has 0 saturated heterocycles. The van der Waals surface area contributed by atoms with E-state index in [1.54, 1.807) is 11.8 Å². The zero-order chi connectivity index (χ0) is 12.5. The van der Waals surface area contributed by atoms with Gasteiger partial charge in [-0.25, -0.2) is 0 Å². The molecule has 0 aromatic heterocycles. The summed E-state index contributed by atoms with van der Waals surface area (Å²) in [5.41, 5.74) is 1.83. The maximum Gasteiger partial charge on any atom is 0.102 e. The van der Waals surface area contributed by atoms with Crippen LogP contribution in [0.5, 0.6) is 0 Å². The van der Waals surface area contributed by atoms with Crippen LogP contribution < -0.4 is 5.32 Å². The molecule has 3 heteroatoms. The second kappa shape index (κ2) is 4.62. The maximum absolute atomic E-state index is 9.28. The molecule has 2 rings (SSSR count). The summed E-state index contributed by atoms with van der Waals surface area (Å²) >= 11 is 1.62. The van der Waals surface area contributed by atoms with Crippen LogP contribution in [0.2, 0.25) is 0 Å². The van der Waals surface area contributed by atoms with Gasteiger partial charge in [0.2, 0.25) is 0 Å². The Balaban J connectivity index is 2.29. The van der Waals surface area contributed by atoms with Crippen molar-refractivity contribution in [3.63, 3.8) is 0 Å². The van der Waals surface area contributed by atoms with Gasteiger partial charge in [-0.1, -0.05) is 6.07 Å². The molecule has 0 radical (unpaired) electrons. The predicted octanol–water partition coefficient (Wildman–Crippen LogP) is 3.88. The molecule has 0 unspecified atom stereocenters. The Morgan fingerprint density at radius 1 is 1.41 bits per heavy atom. The van der Waals surface area contributed by atoms with Crippen molar-refractivity contribution < 1.29 is 0 Å². The number of thioether (sulfide) groups is 1. The minimum atomic E-state index is 0.0859. The van der Waals surface area contributed by atoms with Crippen molar-refractivity contribution in [3.05, 3.63) is 23.8 Å². The molecule has 17 heavy (non-hydrogen) atoms. The van der Waals surface area contributed by atoms with Gasteiger partial charge < -0.3 is 5.32 Å². The third-order valence-corrected chi connectivity index (χ3v) is 4.19. The summed E-state index contributed by atoms with van der Waals surface area (Å²) < 4.78 is 0. The Bertz CT molecular complexity index is 456. The van der Waals surface area contributed by atoms with E-state index in [1.165, 1.54) is 12.8 Å². The lowest BCUT2D eigenvalue weighted by Crippen LogP contribution is -2.33. The molecule has 90 valence electrons. The lowest BCUT2D eigenvalue weighted by molar-refractivity contribution is 0.494. The van der Waals surface area contributed by atoms with Crippen LogP contribution in [0.25, 0.3) is 0 Å². The second-order valence-corrected chi connectivity index (χ2v) is 5.96. The van der Waals surface area contributed by atoms with E-state index in [1.807, 2.05) is 24.5 Å². The summed E-state index contributed by atoms with van der Waals surface area (Å²) in [5, 5.41) is 12.8. The Kier molecular flexibility index (Phi) is 3.35. The van der Waals surface area contributed by atoms with E-state index < -0.39 is 0 Å². The summed E-state index contributed by atoms with van der Waals surface area (Å²) in [5.74, 6) is 0.743. The van der Waals surface area contributed by atoms with E-state index in [0.29, 0.717) is 0 Å². The van der Waals surface area contributed by atoms with E-state index in [-0.39, 0.29) is 5.54 Å². The highest BCUT2D eigenvalue weighted by molar-refractivity contribution is 7.98. The summed E-state index contributed by atoms with van der Waals surface area (Å²) in [7, 11) is 0. The quantitative estimate of drug-likeness (QED) is 0.819. The average Bonchev–Trinajstić information content (AvgIpc) is 3.12. The molecule has 1 fully saturated rings. The molecule has 0 atom stereocenters. The number of anilines is 1. The van der Waals surface area contributed by atoms with Crippen LogP contribution in [0.4, 0.5) is 5.69 Å². The van der Waals surface area contributed by atoms with Crippen molar-refractivity contribution in [1.82, 2.24) is 0 Å². The zero-order valence-corrected chi connectivity index (χ0v) is 11.4. The molecule has 1 saturated carbocycles. The third-order valence-electron chi connectivity index (χ3n) is 3.41. The molecule has 1 aromatic carbocycles. The second-order valence-electron chi connectivity index (χ2n) is 5.12. The highest BCUT2D eigenvalue weighted by atomic mass is 32.2. The van der Waals surface area contributed by atoms with E-state index in [4.69, 9.17) is 0 Å². The van der Waals surface area contributed by atoms with Crippen molar-refractivity contribution in [1.29, 1.82) is 5.26 Å². The van der Waals surface area contributed by atoms with Crippen LogP contribution in [0.3, 0.4) is 0 Å².